The molecule has 0 radical (unpaired) electrons. The molecular formula is C12H17N3O3. The van der Waals surface area contributed by atoms with Gasteiger partial charge in [0.25, 0.3) is 0 Å². The van der Waals surface area contributed by atoms with Crippen LogP contribution in [0.2, 0.25) is 0 Å². The number of rotatable bonds is 3. The average molecular weight is 251 g/mol. The van der Waals surface area contributed by atoms with E-state index in [1.807, 2.05) is 0 Å². The Balaban J connectivity index is 2.12. The molecule has 6 nitrogen and oxygen atoms in total. The van der Waals surface area contributed by atoms with Crippen LogP contribution in [0.4, 0.5) is 11.5 Å². The van der Waals surface area contributed by atoms with Crippen molar-refractivity contribution in [2.24, 2.45) is 0 Å². The lowest BCUT2D eigenvalue weighted by molar-refractivity contribution is 0.0594. The first kappa shape index (κ1) is 12.6. The van der Waals surface area contributed by atoms with Crippen molar-refractivity contribution in [3.63, 3.8) is 0 Å². The molecule has 0 amide bonds. The third-order valence-electron chi connectivity index (χ3n) is 2.88. The molecule has 1 saturated heterocycles. The van der Waals surface area contributed by atoms with E-state index in [2.05, 4.69) is 15.0 Å². The number of aromatic nitrogens is 1. The number of carbonyl (C=O) groups is 1. The first-order valence-corrected chi connectivity index (χ1v) is 5.90. The fourth-order valence-electron chi connectivity index (χ4n) is 1.84. The zero-order valence-corrected chi connectivity index (χ0v) is 10.3. The van der Waals surface area contributed by atoms with Crippen molar-refractivity contribution in [1.82, 2.24) is 4.98 Å². The third kappa shape index (κ3) is 2.89. The summed E-state index contributed by atoms with van der Waals surface area (Å²) in [5.41, 5.74) is 6.61. The van der Waals surface area contributed by atoms with Gasteiger partial charge in [-0.1, -0.05) is 0 Å². The van der Waals surface area contributed by atoms with Crippen LogP contribution in [0, 0.1) is 0 Å². The molecule has 0 unspecified atom stereocenters. The van der Waals surface area contributed by atoms with Crippen LogP contribution in [0.3, 0.4) is 0 Å². The highest BCUT2D eigenvalue weighted by Crippen LogP contribution is 2.20. The van der Waals surface area contributed by atoms with Crippen LogP contribution in [0.15, 0.2) is 12.1 Å². The van der Waals surface area contributed by atoms with Gasteiger partial charge in [-0.3, -0.25) is 0 Å². The molecule has 1 aromatic rings. The van der Waals surface area contributed by atoms with Gasteiger partial charge in [-0.15, -0.1) is 0 Å². The quantitative estimate of drug-likeness (QED) is 0.781. The minimum Gasteiger partial charge on any atom is -0.464 e. The van der Waals surface area contributed by atoms with Crippen molar-refractivity contribution >= 4 is 17.5 Å². The molecule has 1 aliphatic rings. The van der Waals surface area contributed by atoms with Crippen molar-refractivity contribution in [3.05, 3.63) is 17.8 Å². The molecule has 98 valence electrons. The molecule has 18 heavy (non-hydrogen) atoms. The highest BCUT2D eigenvalue weighted by Gasteiger charge is 2.16. The molecule has 1 aliphatic heterocycles. The maximum absolute atomic E-state index is 11.4. The molecule has 0 spiro atoms. The summed E-state index contributed by atoms with van der Waals surface area (Å²) in [6.07, 6.45) is 1.81. The Morgan fingerprint density at radius 2 is 2.22 bits per heavy atom. The molecule has 1 aromatic heterocycles. The minimum absolute atomic E-state index is 0.251. The van der Waals surface area contributed by atoms with Crippen LogP contribution in [0.5, 0.6) is 0 Å². The van der Waals surface area contributed by atoms with Crippen LogP contribution >= 0.6 is 0 Å². The number of hydrogen-bond acceptors (Lipinski definition) is 6. The molecule has 6 heteroatoms. The molecule has 0 bridgehead atoms. The molecular weight excluding hydrogens is 234 g/mol. The van der Waals surface area contributed by atoms with E-state index in [9.17, 15) is 4.79 Å². The number of nitrogens with one attached hydrogen (secondary N) is 1. The Labute approximate surface area is 105 Å². The number of methoxy groups -OCH3 is 1. The maximum atomic E-state index is 11.4. The van der Waals surface area contributed by atoms with Gasteiger partial charge in [0.05, 0.1) is 12.8 Å². The predicted molar refractivity (Wildman–Crippen MR) is 67.5 cm³/mol. The van der Waals surface area contributed by atoms with Crippen molar-refractivity contribution in [3.8, 4) is 0 Å². The Morgan fingerprint density at radius 3 is 2.89 bits per heavy atom. The van der Waals surface area contributed by atoms with Gasteiger partial charge in [-0.25, -0.2) is 9.78 Å². The van der Waals surface area contributed by atoms with Crippen molar-refractivity contribution in [2.45, 2.75) is 18.9 Å². The topological polar surface area (TPSA) is 86.5 Å². The van der Waals surface area contributed by atoms with E-state index in [-0.39, 0.29) is 11.7 Å². The maximum Gasteiger partial charge on any atom is 0.356 e. The lowest BCUT2D eigenvalue weighted by Gasteiger charge is -2.24. The SMILES string of the molecule is COC(=O)c1ccc(N)c(NC2CCOCC2)n1. The van der Waals surface area contributed by atoms with Crippen LogP contribution < -0.4 is 11.1 Å². The minimum atomic E-state index is -0.468. The summed E-state index contributed by atoms with van der Waals surface area (Å²) >= 11 is 0. The Bertz CT molecular complexity index is 431. The Hall–Kier alpha value is -1.82. The van der Waals surface area contributed by atoms with Gasteiger partial charge in [-0.2, -0.15) is 0 Å². The average Bonchev–Trinajstić information content (AvgIpc) is 2.41. The number of pyridine rings is 1. The van der Waals surface area contributed by atoms with Crippen molar-refractivity contribution in [1.29, 1.82) is 0 Å². The summed E-state index contributed by atoms with van der Waals surface area (Å²) in [6.45, 7) is 1.46. The van der Waals surface area contributed by atoms with E-state index < -0.39 is 5.97 Å². The summed E-state index contributed by atoms with van der Waals surface area (Å²) in [5.74, 6) is 0.0647. The number of nitrogens with zero attached hydrogens (tertiary/aromatic N) is 1. The molecule has 3 N–H and O–H groups in total. The van der Waals surface area contributed by atoms with Crippen LogP contribution in [0.25, 0.3) is 0 Å². The number of hydrogen-bond donors (Lipinski definition) is 2. The van der Waals surface area contributed by atoms with Gasteiger partial charge >= 0.3 is 5.97 Å². The number of nitrogen functional groups attached to an aromatic ring is 1. The second-order valence-corrected chi connectivity index (χ2v) is 4.16. The highest BCUT2D eigenvalue weighted by molar-refractivity contribution is 5.88. The molecule has 0 aromatic carbocycles. The fraction of sp³-hybridized carbons (Fsp3) is 0.500. The van der Waals surface area contributed by atoms with E-state index in [1.165, 1.54) is 7.11 Å². The number of carbonyl (C=O) groups excluding carboxylic acids is 1. The van der Waals surface area contributed by atoms with Crippen molar-refractivity contribution < 1.29 is 14.3 Å². The van der Waals surface area contributed by atoms with E-state index >= 15 is 0 Å². The third-order valence-corrected chi connectivity index (χ3v) is 2.88. The summed E-state index contributed by atoms with van der Waals surface area (Å²) in [4.78, 5) is 15.6. The number of esters is 1. The first-order chi connectivity index (χ1) is 8.70. The Morgan fingerprint density at radius 1 is 1.50 bits per heavy atom. The Kier molecular flexibility index (Phi) is 3.99. The first-order valence-electron chi connectivity index (χ1n) is 5.90. The molecule has 0 aliphatic carbocycles. The van der Waals surface area contributed by atoms with Crippen LogP contribution in [0.1, 0.15) is 23.3 Å². The summed E-state index contributed by atoms with van der Waals surface area (Å²) in [6, 6.07) is 3.48. The van der Waals surface area contributed by atoms with E-state index in [0.717, 1.165) is 26.1 Å². The van der Waals surface area contributed by atoms with Gasteiger partial charge in [-0.05, 0) is 25.0 Å². The highest BCUT2D eigenvalue weighted by atomic mass is 16.5. The van der Waals surface area contributed by atoms with Gasteiger partial charge in [0, 0.05) is 19.3 Å². The van der Waals surface area contributed by atoms with E-state index in [4.69, 9.17) is 10.5 Å². The number of anilines is 2. The molecule has 2 rings (SSSR count). The van der Waals surface area contributed by atoms with Crippen LogP contribution in [-0.2, 0) is 9.47 Å². The summed E-state index contributed by atoms with van der Waals surface area (Å²) < 4.78 is 9.91. The zero-order chi connectivity index (χ0) is 13.0. The van der Waals surface area contributed by atoms with Gasteiger partial charge in [0.15, 0.2) is 5.69 Å². The van der Waals surface area contributed by atoms with E-state index in [0.29, 0.717) is 11.5 Å². The number of nitrogens with two attached hydrogens (primary N) is 1. The second kappa shape index (κ2) is 5.68. The van der Waals surface area contributed by atoms with Gasteiger partial charge in [0.2, 0.25) is 0 Å². The lowest BCUT2D eigenvalue weighted by Crippen LogP contribution is -2.28. The summed E-state index contributed by atoms with van der Waals surface area (Å²) in [7, 11) is 1.33. The normalized spacial score (nSPS) is 16.3. The van der Waals surface area contributed by atoms with Crippen LogP contribution in [-0.4, -0.2) is 37.3 Å². The van der Waals surface area contributed by atoms with Gasteiger partial charge in [0.1, 0.15) is 5.82 Å². The molecule has 0 saturated carbocycles. The molecule has 2 heterocycles. The lowest BCUT2D eigenvalue weighted by atomic mass is 10.1. The fourth-order valence-corrected chi connectivity index (χ4v) is 1.84. The predicted octanol–water partition coefficient (Wildman–Crippen LogP) is 1.04. The second-order valence-electron chi connectivity index (χ2n) is 4.16. The van der Waals surface area contributed by atoms with Gasteiger partial charge < -0.3 is 20.5 Å². The largest absolute Gasteiger partial charge is 0.464 e. The number of ether oxygens (including phenoxy) is 2. The monoisotopic (exact) mass is 251 g/mol. The van der Waals surface area contributed by atoms with Crippen molar-refractivity contribution in [2.75, 3.05) is 31.4 Å². The summed E-state index contributed by atoms with van der Waals surface area (Å²) in [5, 5.41) is 3.24. The smallest absolute Gasteiger partial charge is 0.356 e. The zero-order valence-electron chi connectivity index (χ0n) is 10.3. The van der Waals surface area contributed by atoms with E-state index in [1.54, 1.807) is 12.1 Å². The molecule has 1 fully saturated rings. The standard InChI is InChI=1S/C12H17N3O3/c1-17-12(16)10-3-2-9(13)11(15-10)14-8-4-6-18-7-5-8/h2-3,8H,4-7,13H2,1H3,(H,14,15). The molecule has 0 atom stereocenters.